The maximum Gasteiger partial charge on any atom is 0.122 e. The van der Waals surface area contributed by atoms with Gasteiger partial charge >= 0.3 is 0 Å². The molecule has 16 heavy (non-hydrogen) atoms. The summed E-state index contributed by atoms with van der Waals surface area (Å²) < 4.78 is 0. The second-order valence-corrected chi connectivity index (χ2v) is 3.90. The van der Waals surface area contributed by atoms with Crippen LogP contribution in [0.5, 0.6) is 0 Å². The number of H-pyrrole nitrogens is 1. The highest BCUT2D eigenvalue weighted by Crippen LogP contribution is 2.32. The molecule has 1 aromatic heterocycles. The van der Waals surface area contributed by atoms with E-state index in [1.54, 1.807) is 0 Å². The zero-order valence-corrected chi connectivity index (χ0v) is 9.07. The van der Waals surface area contributed by atoms with Gasteiger partial charge in [-0.1, -0.05) is 47.1 Å². The van der Waals surface area contributed by atoms with Crippen molar-refractivity contribution in [1.82, 2.24) is 15.4 Å². The molecule has 0 saturated heterocycles. The lowest BCUT2D eigenvalue weighted by Crippen LogP contribution is -1.82. The van der Waals surface area contributed by atoms with Gasteiger partial charge in [-0.2, -0.15) is 0 Å². The summed E-state index contributed by atoms with van der Waals surface area (Å²) in [5.74, 6) is 0. The zero-order chi connectivity index (χ0) is 11.0. The molecule has 0 radical (unpaired) electrons. The van der Waals surface area contributed by atoms with Crippen LogP contribution < -0.4 is 0 Å². The number of benzene rings is 2. The van der Waals surface area contributed by atoms with Gasteiger partial charge in [0.1, 0.15) is 5.52 Å². The number of rotatable bonds is 1. The van der Waals surface area contributed by atoms with E-state index in [1.165, 1.54) is 0 Å². The molecule has 3 nitrogen and oxygen atoms in total. The second kappa shape index (κ2) is 3.61. The maximum absolute atomic E-state index is 6.21. The predicted octanol–water partition coefficient (Wildman–Crippen LogP) is 3.28. The van der Waals surface area contributed by atoms with Crippen molar-refractivity contribution < 1.29 is 0 Å². The third kappa shape index (κ3) is 1.37. The molecule has 78 valence electrons. The minimum atomic E-state index is 0.688. The van der Waals surface area contributed by atoms with Crippen LogP contribution in [0.15, 0.2) is 42.5 Å². The molecule has 0 aliphatic carbocycles. The van der Waals surface area contributed by atoms with Crippen molar-refractivity contribution >= 4 is 22.6 Å². The summed E-state index contributed by atoms with van der Waals surface area (Å²) in [6, 6.07) is 13.7. The van der Waals surface area contributed by atoms with Crippen LogP contribution in [0.4, 0.5) is 0 Å². The van der Waals surface area contributed by atoms with Gasteiger partial charge in [-0.15, -0.1) is 5.10 Å². The monoisotopic (exact) mass is 229 g/mol. The molecule has 0 aliphatic rings. The number of fused-ring (bicyclic) bond motifs is 1. The fourth-order valence-electron chi connectivity index (χ4n) is 1.77. The molecule has 0 bridgehead atoms. The first-order valence-corrected chi connectivity index (χ1v) is 5.29. The summed E-state index contributed by atoms with van der Waals surface area (Å²) in [5, 5.41) is 11.4. The summed E-state index contributed by atoms with van der Waals surface area (Å²) in [6.07, 6.45) is 0. The number of nitrogens with zero attached hydrogens (tertiary/aromatic N) is 2. The van der Waals surface area contributed by atoms with Crippen molar-refractivity contribution in [1.29, 1.82) is 0 Å². The van der Waals surface area contributed by atoms with Crippen molar-refractivity contribution in [3.63, 3.8) is 0 Å². The molecule has 1 heterocycles. The molecule has 0 unspecified atom stereocenters. The molecule has 3 aromatic rings. The van der Waals surface area contributed by atoms with Crippen molar-refractivity contribution in [3.8, 4) is 11.1 Å². The van der Waals surface area contributed by atoms with E-state index in [4.69, 9.17) is 11.6 Å². The summed E-state index contributed by atoms with van der Waals surface area (Å²) >= 11 is 6.21. The average Bonchev–Trinajstić information content (AvgIpc) is 2.78. The van der Waals surface area contributed by atoms with Crippen molar-refractivity contribution in [2.24, 2.45) is 0 Å². The first-order chi connectivity index (χ1) is 7.86. The standard InChI is InChI=1S/C12H8ClN3/c13-9-6-7-10-12(15-16-14-10)11(9)8-4-2-1-3-5-8/h1-7H,(H,14,15,16). The number of nitrogens with one attached hydrogen (secondary N) is 1. The van der Waals surface area contributed by atoms with Crippen molar-refractivity contribution in [2.75, 3.05) is 0 Å². The Morgan fingerprint density at radius 3 is 2.62 bits per heavy atom. The summed E-state index contributed by atoms with van der Waals surface area (Å²) in [6.45, 7) is 0. The number of aromatic amines is 1. The fourth-order valence-corrected chi connectivity index (χ4v) is 2.03. The summed E-state index contributed by atoms with van der Waals surface area (Å²) in [4.78, 5) is 0. The molecular weight excluding hydrogens is 222 g/mol. The molecule has 0 amide bonds. The Kier molecular flexibility index (Phi) is 2.11. The molecule has 0 atom stereocenters. The Balaban J connectivity index is 2.38. The lowest BCUT2D eigenvalue weighted by Gasteiger charge is -2.04. The Morgan fingerprint density at radius 2 is 1.81 bits per heavy atom. The van der Waals surface area contributed by atoms with Crippen LogP contribution in [0.2, 0.25) is 5.02 Å². The van der Waals surface area contributed by atoms with Gasteiger partial charge in [-0.25, -0.2) is 0 Å². The Labute approximate surface area is 97.1 Å². The van der Waals surface area contributed by atoms with Crippen molar-refractivity contribution in [2.45, 2.75) is 0 Å². The van der Waals surface area contributed by atoms with Gasteiger partial charge in [0, 0.05) is 5.56 Å². The Bertz CT molecular complexity index is 631. The number of hydrogen-bond acceptors (Lipinski definition) is 2. The lowest BCUT2D eigenvalue weighted by atomic mass is 10.0. The predicted molar refractivity (Wildman–Crippen MR) is 64.3 cm³/mol. The molecule has 2 aromatic carbocycles. The van der Waals surface area contributed by atoms with E-state index in [0.29, 0.717) is 5.02 Å². The molecule has 0 spiro atoms. The van der Waals surface area contributed by atoms with E-state index >= 15 is 0 Å². The fraction of sp³-hybridized carbons (Fsp3) is 0. The van der Waals surface area contributed by atoms with Crippen LogP contribution in [0.1, 0.15) is 0 Å². The van der Waals surface area contributed by atoms with E-state index in [0.717, 1.165) is 22.2 Å². The van der Waals surface area contributed by atoms with Gasteiger partial charge < -0.3 is 0 Å². The van der Waals surface area contributed by atoms with Crippen molar-refractivity contribution in [3.05, 3.63) is 47.5 Å². The van der Waals surface area contributed by atoms with Crippen LogP contribution in [0.3, 0.4) is 0 Å². The smallest absolute Gasteiger partial charge is 0.122 e. The minimum Gasteiger partial charge on any atom is -0.258 e. The highest BCUT2D eigenvalue weighted by Gasteiger charge is 2.10. The Hall–Kier alpha value is -1.87. The van der Waals surface area contributed by atoms with Crippen LogP contribution in [-0.4, -0.2) is 15.4 Å². The van der Waals surface area contributed by atoms with Gasteiger partial charge in [-0.05, 0) is 17.7 Å². The molecule has 4 heteroatoms. The quantitative estimate of drug-likeness (QED) is 0.696. The van der Waals surface area contributed by atoms with E-state index < -0.39 is 0 Å². The van der Waals surface area contributed by atoms with Gasteiger partial charge in [0.15, 0.2) is 0 Å². The molecule has 3 rings (SSSR count). The first kappa shape index (κ1) is 9.36. The molecule has 0 fully saturated rings. The van der Waals surface area contributed by atoms with E-state index in [2.05, 4.69) is 15.4 Å². The Morgan fingerprint density at radius 1 is 1.00 bits per heavy atom. The maximum atomic E-state index is 6.21. The summed E-state index contributed by atoms with van der Waals surface area (Å²) in [7, 11) is 0. The third-order valence-electron chi connectivity index (χ3n) is 2.51. The second-order valence-electron chi connectivity index (χ2n) is 3.50. The molecular formula is C12H8ClN3. The normalized spacial score (nSPS) is 10.8. The molecule has 0 saturated carbocycles. The molecule has 0 aliphatic heterocycles. The third-order valence-corrected chi connectivity index (χ3v) is 2.82. The van der Waals surface area contributed by atoms with Crippen LogP contribution in [0.25, 0.3) is 22.2 Å². The minimum absolute atomic E-state index is 0.688. The van der Waals surface area contributed by atoms with E-state index in [1.807, 2.05) is 42.5 Å². The number of aromatic nitrogens is 3. The van der Waals surface area contributed by atoms with Gasteiger partial charge in [0.05, 0.1) is 10.5 Å². The largest absolute Gasteiger partial charge is 0.258 e. The molecule has 1 N–H and O–H groups in total. The van der Waals surface area contributed by atoms with E-state index in [-0.39, 0.29) is 0 Å². The topological polar surface area (TPSA) is 41.6 Å². The highest BCUT2D eigenvalue weighted by atomic mass is 35.5. The highest BCUT2D eigenvalue weighted by molar-refractivity contribution is 6.34. The van der Waals surface area contributed by atoms with Gasteiger partial charge in [0.25, 0.3) is 0 Å². The van der Waals surface area contributed by atoms with Crippen LogP contribution in [0, 0.1) is 0 Å². The van der Waals surface area contributed by atoms with Gasteiger partial charge in [-0.3, -0.25) is 5.10 Å². The summed E-state index contributed by atoms with van der Waals surface area (Å²) in [5.41, 5.74) is 3.67. The number of halogens is 1. The van der Waals surface area contributed by atoms with E-state index in [9.17, 15) is 0 Å². The van der Waals surface area contributed by atoms with Crippen LogP contribution >= 0.6 is 11.6 Å². The lowest BCUT2D eigenvalue weighted by molar-refractivity contribution is 0.959. The zero-order valence-electron chi connectivity index (χ0n) is 8.31. The van der Waals surface area contributed by atoms with Gasteiger partial charge in [0.2, 0.25) is 0 Å². The first-order valence-electron chi connectivity index (χ1n) is 4.91. The number of hydrogen-bond donors (Lipinski definition) is 1. The SMILES string of the molecule is Clc1ccc2[nH]nnc2c1-c1ccccc1. The average molecular weight is 230 g/mol. The van der Waals surface area contributed by atoms with Crippen LogP contribution in [-0.2, 0) is 0 Å².